The zero-order valence-corrected chi connectivity index (χ0v) is 14.9. The molecule has 0 saturated carbocycles. The van der Waals surface area contributed by atoms with Crippen molar-refractivity contribution in [3.63, 3.8) is 0 Å². The first kappa shape index (κ1) is 18.6. The van der Waals surface area contributed by atoms with Gasteiger partial charge in [-0.2, -0.15) is 5.26 Å². The topological polar surface area (TPSA) is 108 Å². The molecule has 0 radical (unpaired) electrons. The van der Waals surface area contributed by atoms with Crippen molar-refractivity contribution < 1.29 is 17.9 Å². The normalized spacial score (nSPS) is 10.6. The summed E-state index contributed by atoms with van der Waals surface area (Å²) in [7, 11) is -2.60. The molecule has 2 N–H and O–H groups in total. The van der Waals surface area contributed by atoms with Crippen LogP contribution in [0.2, 0.25) is 5.02 Å². The maximum atomic E-state index is 12.6. The Bertz CT molecular complexity index is 968. The number of halogens is 1. The van der Waals surface area contributed by atoms with Crippen molar-refractivity contribution >= 4 is 38.9 Å². The number of methoxy groups -OCH3 is 1. The molecular weight excluding hydrogens is 366 g/mol. The van der Waals surface area contributed by atoms with Crippen molar-refractivity contribution in [2.24, 2.45) is 0 Å². The number of carbonyl (C=O) groups excluding carboxylic acids is 1. The highest BCUT2D eigenvalue weighted by Gasteiger charge is 2.20. The fourth-order valence-corrected chi connectivity index (χ4v) is 3.70. The fourth-order valence-electron chi connectivity index (χ4n) is 2.07. The second-order valence-corrected chi connectivity index (χ2v) is 6.96. The maximum Gasteiger partial charge on any atom is 0.263 e. The molecule has 0 aliphatic rings. The van der Waals surface area contributed by atoms with Crippen molar-refractivity contribution in [3.05, 3.63) is 47.0 Å². The van der Waals surface area contributed by atoms with E-state index < -0.39 is 10.0 Å². The lowest BCUT2D eigenvalue weighted by Gasteiger charge is -2.13. The molecule has 2 aromatic carbocycles. The Kier molecular flexibility index (Phi) is 5.51. The minimum Gasteiger partial charge on any atom is -0.495 e. The molecule has 0 aliphatic heterocycles. The summed E-state index contributed by atoms with van der Waals surface area (Å²) in [4.78, 5) is 11.0. The van der Waals surface area contributed by atoms with Gasteiger partial charge in [0.05, 0.1) is 29.1 Å². The van der Waals surface area contributed by atoms with Gasteiger partial charge < -0.3 is 10.1 Å². The summed E-state index contributed by atoms with van der Waals surface area (Å²) in [6, 6.07) is 10.4. The first-order valence-corrected chi connectivity index (χ1v) is 8.81. The van der Waals surface area contributed by atoms with Gasteiger partial charge >= 0.3 is 0 Å². The van der Waals surface area contributed by atoms with Gasteiger partial charge in [-0.25, -0.2) is 8.42 Å². The highest BCUT2D eigenvalue weighted by molar-refractivity contribution is 7.92. The monoisotopic (exact) mass is 379 g/mol. The van der Waals surface area contributed by atoms with Gasteiger partial charge in [-0.05, 0) is 30.3 Å². The third-order valence-corrected chi connectivity index (χ3v) is 5.08. The van der Waals surface area contributed by atoms with Crippen LogP contribution in [0.15, 0.2) is 41.3 Å². The molecule has 9 heteroatoms. The Hall–Kier alpha value is -2.76. The molecule has 7 nitrogen and oxygen atoms in total. The Labute approximate surface area is 150 Å². The van der Waals surface area contributed by atoms with Crippen molar-refractivity contribution in [1.82, 2.24) is 0 Å². The Morgan fingerprint density at radius 3 is 2.60 bits per heavy atom. The van der Waals surface area contributed by atoms with E-state index in [1.807, 2.05) is 6.07 Å². The summed E-state index contributed by atoms with van der Waals surface area (Å²) >= 11 is 5.99. The molecule has 0 saturated heterocycles. The smallest absolute Gasteiger partial charge is 0.263 e. The lowest BCUT2D eigenvalue weighted by Crippen LogP contribution is -2.14. The molecule has 130 valence electrons. The van der Waals surface area contributed by atoms with E-state index in [2.05, 4.69) is 10.0 Å². The lowest BCUT2D eigenvalue weighted by atomic mass is 10.2. The number of rotatable bonds is 5. The molecule has 0 spiro atoms. The third-order valence-electron chi connectivity index (χ3n) is 3.14. The molecule has 0 heterocycles. The van der Waals surface area contributed by atoms with E-state index in [9.17, 15) is 13.2 Å². The average molecular weight is 380 g/mol. The summed E-state index contributed by atoms with van der Waals surface area (Å²) < 4.78 is 32.6. The molecule has 0 fully saturated rings. The van der Waals surface area contributed by atoms with Crippen molar-refractivity contribution in [2.45, 2.75) is 11.8 Å². The third kappa shape index (κ3) is 4.21. The minimum atomic E-state index is -4.03. The van der Waals surface area contributed by atoms with E-state index in [1.165, 1.54) is 50.4 Å². The van der Waals surface area contributed by atoms with Crippen LogP contribution in [0.3, 0.4) is 0 Å². The number of hydrogen-bond acceptors (Lipinski definition) is 5. The summed E-state index contributed by atoms with van der Waals surface area (Å²) in [5.41, 5.74) is 0.563. The van der Waals surface area contributed by atoms with Crippen LogP contribution in [-0.4, -0.2) is 21.4 Å². The fraction of sp³-hybridized carbons (Fsp3) is 0.125. The lowest BCUT2D eigenvalue weighted by molar-refractivity contribution is -0.114. The quantitative estimate of drug-likeness (QED) is 0.830. The molecule has 0 aliphatic carbocycles. The van der Waals surface area contributed by atoms with E-state index >= 15 is 0 Å². The van der Waals surface area contributed by atoms with Gasteiger partial charge in [0.2, 0.25) is 5.91 Å². The molecule has 0 aromatic heterocycles. The number of nitrogens with one attached hydrogen (secondary N) is 2. The molecule has 0 atom stereocenters. The molecule has 1 amide bonds. The van der Waals surface area contributed by atoms with Crippen LogP contribution in [0.1, 0.15) is 12.5 Å². The van der Waals surface area contributed by atoms with E-state index in [4.69, 9.17) is 21.6 Å². The minimum absolute atomic E-state index is 0.0539. The van der Waals surface area contributed by atoms with Gasteiger partial charge in [0.25, 0.3) is 10.0 Å². The molecule has 25 heavy (non-hydrogen) atoms. The van der Waals surface area contributed by atoms with E-state index in [-0.39, 0.29) is 27.1 Å². The van der Waals surface area contributed by atoms with E-state index in [0.717, 1.165) is 0 Å². The Balaban J connectivity index is 2.42. The molecule has 0 bridgehead atoms. The number of sulfonamides is 1. The van der Waals surface area contributed by atoms with Crippen molar-refractivity contribution in [3.8, 4) is 11.8 Å². The number of hydrogen-bond donors (Lipinski definition) is 2. The molecule has 2 aromatic rings. The summed E-state index contributed by atoms with van der Waals surface area (Å²) in [6.45, 7) is 1.32. The number of anilines is 2. The van der Waals surface area contributed by atoms with Gasteiger partial charge in [-0.1, -0.05) is 17.7 Å². The highest BCUT2D eigenvalue weighted by Crippen LogP contribution is 2.31. The predicted molar refractivity (Wildman–Crippen MR) is 94.3 cm³/mol. The van der Waals surface area contributed by atoms with Gasteiger partial charge in [0.15, 0.2) is 0 Å². The largest absolute Gasteiger partial charge is 0.495 e. The molecule has 0 unspecified atom stereocenters. The maximum absolute atomic E-state index is 12.6. The predicted octanol–water partition coefficient (Wildman–Crippen LogP) is 2.98. The van der Waals surface area contributed by atoms with Gasteiger partial charge in [0.1, 0.15) is 16.7 Å². The number of carbonyl (C=O) groups is 1. The van der Waals surface area contributed by atoms with E-state index in [1.54, 1.807) is 0 Å². The van der Waals surface area contributed by atoms with Crippen LogP contribution >= 0.6 is 11.6 Å². The van der Waals surface area contributed by atoms with Gasteiger partial charge in [-0.3, -0.25) is 9.52 Å². The zero-order chi connectivity index (χ0) is 18.6. The molecular formula is C16H14ClN3O4S. The Morgan fingerprint density at radius 1 is 1.28 bits per heavy atom. The Morgan fingerprint density at radius 2 is 2.00 bits per heavy atom. The number of amides is 1. The number of nitrogens with zero attached hydrogens (tertiary/aromatic N) is 1. The van der Waals surface area contributed by atoms with Crippen LogP contribution in [0.4, 0.5) is 11.4 Å². The van der Waals surface area contributed by atoms with Crippen molar-refractivity contribution in [2.75, 3.05) is 17.1 Å². The van der Waals surface area contributed by atoms with Gasteiger partial charge in [-0.15, -0.1) is 0 Å². The first-order chi connectivity index (χ1) is 11.8. The average Bonchev–Trinajstić information content (AvgIpc) is 2.54. The number of nitriles is 1. The number of benzene rings is 2. The second kappa shape index (κ2) is 7.42. The van der Waals surface area contributed by atoms with Crippen LogP contribution in [0.25, 0.3) is 0 Å². The highest BCUT2D eigenvalue weighted by atomic mass is 35.5. The second-order valence-electron chi connectivity index (χ2n) is 4.93. The van der Waals surface area contributed by atoms with E-state index in [0.29, 0.717) is 11.4 Å². The van der Waals surface area contributed by atoms with Crippen molar-refractivity contribution in [1.29, 1.82) is 5.26 Å². The zero-order valence-electron chi connectivity index (χ0n) is 13.3. The summed E-state index contributed by atoms with van der Waals surface area (Å²) in [6.07, 6.45) is 0. The van der Waals surface area contributed by atoms with Crippen LogP contribution in [0.5, 0.6) is 5.75 Å². The van der Waals surface area contributed by atoms with Crippen LogP contribution < -0.4 is 14.8 Å². The SMILES string of the molecule is COc1ccc(NS(=O)(=O)c2cccc(C#N)c2Cl)cc1NC(C)=O. The summed E-state index contributed by atoms with van der Waals surface area (Å²) in [5.74, 6) is 0.0470. The van der Waals surface area contributed by atoms with Crippen LogP contribution in [-0.2, 0) is 14.8 Å². The number of ether oxygens (including phenoxy) is 1. The van der Waals surface area contributed by atoms with Crippen LogP contribution in [0, 0.1) is 11.3 Å². The molecule has 2 rings (SSSR count). The standard InChI is InChI=1S/C16H14ClN3O4S/c1-10(21)19-13-8-12(6-7-14(13)24-2)20-25(22,23)15-5-3-4-11(9-18)16(15)17/h3-8,20H,1-2H3,(H,19,21). The first-order valence-electron chi connectivity index (χ1n) is 6.95. The van der Waals surface area contributed by atoms with Gasteiger partial charge in [0, 0.05) is 6.92 Å². The summed E-state index contributed by atoms with van der Waals surface area (Å²) in [5, 5.41) is 11.4.